The fraction of sp³-hybridized carbons (Fsp3) is 0.294. The van der Waals surface area contributed by atoms with Crippen LogP contribution in [0, 0.1) is 5.82 Å². The fourth-order valence-electron chi connectivity index (χ4n) is 2.37. The molecule has 0 amide bonds. The summed E-state index contributed by atoms with van der Waals surface area (Å²) in [5.74, 6) is -1.57. The van der Waals surface area contributed by atoms with Crippen molar-refractivity contribution in [2.75, 3.05) is 27.2 Å². The quantitative estimate of drug-likeness (QED) is 0.860. The Hall–Kier alpha value is -2.67. The van der Waals surface area contributed by atoms with Gasteiger partial charge in [-0.25, -0.2) is 9.37 Å². The number of rotatable bonds is 4. The van der Waals surface area contributed by atoms with E-state index in [1.165, 1.54) is 18.2 Å². The highest BCUT2D eigenvalue weighted by molar-refractivity contribution is 6.51. The normalized spacial score (nSPS) is 16.1. The summed E-state index contributed by atoms with van der Waals surface area (Å²) in [6, 6.07) is 5.90. The van der Waals surface area contributed by atoms with Crippen LogP contribution in [-0.2, 0) is 0 Å². The zero-order valence-corrected chi connectivity index (χ0v) is 13.4. The topological polar surface area (TPSA) is 75.8 Å². The number of nitrogens with zero attached hydrogens (tertiary/aromatic N) is 3. The molecule has 7 heteroatoms. The minimum Gasteiger partial charge on any atom is -0.432 e. The smallest absolute Gasteiger partial charge is 0.244 e. The number of ketones is 2. The van der Waals surface area contributed by atoms with Crippen LogP contribution in [0.2, 0.25) is 0 Å². The summed E-state index contributed by atoms with van der Waals surface area (Å²) in [5.41, 5.74) is 0.217. The second-order valence-corrected chi connectivity index (χ2v) is 5.74. The number of hydrogen-bond acceptors (Lipinski definition) is 6. The standard InChI is InChI=1S/C17H16FN3O3/c1-21(2)8-7-19-12-9-13(22)14-16(15(12)23)24-17(20-14)10-5-3-4-6-11(10)18/h3-6H,7-9H2,1-2H3. The van der Waals surface area contributed by atoms with Gasteiger partial charge in [-0.05, 0) is 26.2 Å². The van der Waals surface area contributed by atoms with E-state index in [2.05, 4.69) is 9.98 Å². The number of fused-ring (bicyclic) bond motifs is 1. The largest absolute Gasteiger partial charge is 0.432 e. The van der Waals surface area contributed by atoms with Crippen molar-refractivity contribution in [3.8, 4) is 11.5 Å². The van der Waals surface area contributed by atoms with Crippen molar-refractivity contribution in [3.05, 3.63) is 41.5 Å². The molecule has 2 aromatic rings. The lowest BCUT2D eigenvalue weighted by atomic mass is 9.97. The van der Waals surface area contributed by atoms with Crippen molar-refractivity contribution in [3.63, 3.8) is 0 Å². The van der Waals surface area contributed by atoms with E-state index in [9.17, 15) is 14.0 Å². The molecule has 1 aliphatic rings. The second kappa shape index (κ2) is 6.45. The molecule has 0 atom stereocenters. The molecule has 1 aliphatic carbocycles. The van der Waals surface area contributed by atoms with E-state index in [0.29, 0.717) is 13.1 Å². The molecule has 124 valence electrons. The summed E-state index contributed by atoms with van der Waals surface area (Å²) in [5, 5.41) is 0. The lowest BCUT2D eigenvalue weighted by molar-refractivity contribution is 0.0949. The van der Waals surface area contributed by atoms with Gasteiger partial charge in [0.2, 0.25) is 17.4 Å². The number of aromatic nitrogens is 1. The minimum absolute atomic E-state index is 0.0511. The summed E-state index contributed by atoms with van der Waals surface area (Å²) in [6.45, 7) is 1.07. The molecular weight excluding hydrogens is 313 g/mol. The average molecular weight is 329 g/mol. The van der Waals surface area contributed by atoms with Crippen molar-refractivity contribution in [2.45, 2.75) is 6.42 Å². The van der Waals surface area contributed by atoms with Crippen LogP contribution in [-0.4, -0.2) is 54.3 Å². The number of benzene rings is 1. The predicted octanol–water partition coefficient (Wildman–Crippen LogP) is 2.25. The van der Waals surface area contributed by atoms with Crippen molar-refractivity contribution >= 4 is 17.3 Å². The Balaban J connectivity index is 1.94. The molecular formula is C17H16FN3O3. The number of oxazole rings is 1. The molecule has 0 radical (unpaired) electrons. The van der Waals surface area contributed by atoms with Crippen LogP contribution in [0.25, 0.3) is 11.5 Å². The first-order valence-corrected chi connectivity index (χ1v) is 7.49. The van der Waals surface area contributed by atoms with E-state index in [1.54, 1.807) is 6.07 Å². The number of hydrogen-bond donors (Lipinski definition) is 0. The Kier molecular flexibility index (Phi) is 4.35. The second-order valence-electron chi connectivity index (χ2n) is 5.74. The zero-order valence-electron chi connectivity index (χ0n) is 13.4. The van der Waals surface area contributed by atoms with Crippen LogP contribution >= 0.6 is 0 Å². The molecule has 0 bridgehead atoms. The number of carbonyl (C=O) groups is 2. The van der Waals surface area contributed by atoms with E-state index in [1.807, 2.05) is 19.0 Å². The molecule has 1 heterocycles. The molecule has 0 N–H and O–H groups in total. The first-order chi connectivity index (χ1) is 11.5. The maximum atomic E-state index is 13.9. The van der Waals surface area contributed by atoms with E-state index in [4.69, 9.17) is 4.42 Å². The van der Waals surface area contributed by atoms with Gasteiger partial charge in [0.15, 0.2) is 11.5 Å². The lowest BCUT2D eigenvalue weighted by Gasteiger charge is -2.10. The predicted molar refractivity (Wildman–Crippen MR) is 86.0 cm³/mol. The highest BCUT2D eigenvalue weighted by Gasteiger charge is 2.35. The Morgan fingerprint density at radius 2 is 2.04 bits per heavy atom. The van der Waals surface area contributed by atoms with Crippen LogP contribution < -0.4 is 0 Å². The summed E-state index contributed by atoms with van der Waals surface area (Å²) >= 11 is 0. The third kappa shape index (κ3) is 3.03. The van der Waals surface area contributed by atoms with Gasteiger partial charge in [0.05, 0.1) is 24.2 Å². The van der Waals surface area contributed by atoms with Gasteiger partial charge in [0.1, 0.15) is 5.82 Å². The molecule has 1 aromatic heterocycles. The van der Waals surface area contributed by atoms with Crippen molar-refractivity contribution in [2.24, 2.45) is 4.99 Å². The molecule has 0 saturated heterocycles. The van der Waals surface area contributed by atoms with E-state index in [-0.39, 0.29) is 40.8 Å². The molecule has 0 aliphatic heterocycles. The SMILES string of the molecule is CN(C)CCN=C1CC(=O)c2nc(-c3ccccc3F)oc2C1=O. The van der Waals surface area contributed by atoms with Gasteiger partial charge in [-0.2, -0.15) is 0 Å². The van der Waals surface area contributed by atoms with Gasteiger partial charge in [-0.3, -0.25) is 14.6 Å². The monoisotopic (exact) mass is 329 g/mol. The highest BCUT2D eigenvalue weighted by atomic mass is 19.1. The van der Waals surface area contributed by atoms with Crippen molar-refractivity contribution in [1.82, 2.24) is 9.88 Å². The Labute approximate surface area is 138 Å². The van der Waals surface area contributed by atoms with Crippen LogP contribution in [0.1, 0.15) is 27.5 Å². The lowest BCUT2D eigenvalue weighted by Crippen LogP contribution is -2.27. The van der Waals surface area contributed by atoms with Crippen LogP contribution in [0.4, 0.5) is 4.39 Å². The van der Waals surface area contributed by atoms with Crippen LogP contribution in [0.5, 0.6) is 0 Å². The molecule has 6 nitrogen and oxygen atoms in total. The molecule has 1 aromatic carbocycles. The Morgan fingerprint density at radius 3 is 2.75 bits per heavy atom. The summed E-state index contributed by atoms with van der Waals surface area (Å²) in [6.07, 6.45) is -0.109. The van der Waals surface area contributed by atoms with Crippen molar-refractivity contribution < 1.29 is 18.4 Å². The van der Waals surface area contributed by atoms with E-state index >= 15 is 0 Å². The molecule has 3 rings (SSSR count). The average Bonchev–Trinajstić information content (AvgIpc) is 2.98. The first-order valence-electron chi connectivity index (χ1n) is 7.49. The number of Topliss-reactive ketones (excluding diaryl/α,β-unsaturated/α-hetero) is 2. The maximum Gasteiger partial charge on any atom is 0.244 e. The van der Waals surface area contributed by atoms with E-state index < -0.39 is 11.6 Å². The molecule has 0 unspecified atom stereocenters. The van der Waals surface area contributed by atoms with E-state index in [0.717, 1.165) is 0 Å². The summed E-state index contributed by atoms with van der Waals surface area (Å²) in [7, 11) is 3.78. The Bertz CT molecular complexity index is 839. The molecule has 0 fully saturated rings. The third-order valence-electron chi connectivity index (χ3n) is 3.64. The third-order valence-corrected chi connectivity index (χ3v) is 3.64. The first kappa shape index (κ1) is 16.2. The number of carbonyl (C=O) groups excluding carboxylic acids is 2. The van der Waals surface area contributed by atoms with Gasteiger partial charge in [0.25, 0.3) is 0 Å². The molecule has 24 heavy (non-hydrogen) atoms. The number of aliphatic imine (C=N–C) groups is 1. The number of likely N-dealkylation sites (N-methyl/N-ethyl adjacent to an activating group) is 1. The van der Waals surface area contributed by atoms with Gasteiger partial charge >= 0.3 is 0 Å². The van der Waals surface area contributed by atoms with Gasteiger partial charge in [-0.15, -0.1) is 0 Å². The minimum atomic E-state index is -0.532. The maximum absolute atomic E-state index is 13.9. The number of halogens is 1. The highest BCUT2D eigenvalue weighted by Crippen LogP contribution is 2.28. The van der Waals surface area contributed by atoms with Gasteiger partial charge in [-0.1, -0.05) is 12.1 Å². The zero-order chi connectivity index (χ0) is 17.3. The van der Waals surface area contributed by atoms with Gasteiger partial charge in [0, 0.05) is 6.54 Å². The summed E-state index contributed by atoms with van der Waals surface area (Å²) in [4.78, 5) is 34.8. The van der Waals surface area contributed by atoms with Gasteiger partial charge < -0.3 is 9.32 Å². The van der Waals surface area contributed by atoms with Crippen LogP contribution in [0.3, 0.4) is 0 Å². The van der Waals surface area contributed by atoms with Crippen molar-refractivity contribution in [1.29, 1.82) is 0 Å². The molecule has 0 spiro atoms. The Morgan fingerprint density at radius 1 is 1.29 bits per heavy atom. The summed E-state index contributed by atoms with van der Waals surface area (Å²) < 4.78 is 19.3. The van der Waals surface area contributed by atoms with Crippen LogP contribution in [0.15, 0.2) is 33.7 Å². The molecule has 0 saturated carbocycles. The fourth-order valence-corrected chi connectivity index (χ4v) is 2.37.